The maximum absolute atomic E-state index is 3.20. The topological polar surface area (TPSA) is 0 Å². The van der Waals surface area contributed by atoms with Crippen LogP contribution in [0.1, 0.15) is 0 Å². The van der Waals surface area contributed by atoms with Gasteiger partial charge < -0.3 is 0 Å². The van der Waals surface area contributed by atoms with Gasteiger partial charge in [0, 0.05) is 6.39 Å². The summed E-state index contributed by atoms with van der Waals surface area (Å²) < 4.78 is 0. The molecule has 0 aliphatic rings. The summed E-state index contributed by atoms with van der Waals surface area (Å²) in [5.41, 5.74) is 0. The average molecular weight is 800 g/mol. The Hall–Kier alpha value is 9.98. The van der Waals surface area contributed by atoms with Gasteiger partial charge in [0.15, 0.2) is 18.1 Å². The summed E-state index contributed by atoms with van der Waals surface area (Å²) in [4.78, 5) is 0. The molecule has 0 radical (unpaired) electrons. The van der Waals surface area contributed by atoms with Gasteiger partial charge in [-0.3, -0.25) is 0 Å². The number of hydrogen-bond acceptors (Lipinski definition) is 0. The highest BCUT2D eigenvalue weighted by Crippen LogP contribution is 2.79. The summed E-state index contributed by atoms with van der Waals surface area (Å²) in [6.45, 7) is 0. The van der Waals surface area contributed by atoms with Crippen LogP contribution in [0.15, 0.2) is 0 Å². The molecule has 0 saturated heterocycles. The van der Waals surface area contributed by atoms with E-state index in [1.807, 2.05) is 0 Å². The van der Waals surface area contributed by atoms with Crippen molar-refractivity contribution in [3.63, 3.8) is 0 Å². The summed E-state index contributed by atoms with van der Waals surface area (Å²) >= 11 is 0. The highest BCUT2D eigenvalue weighted by Gasteiger charge is 2.57. The van der Waals surface area contributed by atoms with E-state index in [0.29, 0.717) is 49.4 Å². The molecule has 0 aromatic carbocycles. The fourth-order valence-corrected chi connectivity index (χ4v) is 56.0. The van der Waals surface area contributed by atoms with E-state index in [1.165, 1.54) is 0 Å². The van der Waals surface area contributed by atoms with Crippen LogP contribution in [-0.4, -0.2) is 49.4 Å². The van der Waals surface area contributed by atoms with E-state index in [-0.39, 0.29) is 43.1 Å². The van der Waals surface area contributed by atoms with Gasteiger partial charge in [-0.25, -0.2) is 0 Å². The lowest BCUT2D eigenvalue weighted by Gasteiger charge is -2.46. The molecule has 0 heterocycles. The molecule has 16 atom stereocenters. The van der Waals surface area contributed by atoms with Crippen LogP contribution < -0.4 is 0 Å². The first-order valence-corrected chi connectivity index (χ1v) is 38.9. The van der Waals surface area contributed by atoms with E-state index in [9.17, 15) is 0 Å². The van der Waals surface area contributed by atoms with Crippen molar-refractivity contribution < 1.29 is 0 Å². The summed E-state index contributed by atoms with van der Waals surface area (Å²) in [6.07, 6.45) is 1.88. The molecular weight excluding hydrogens is 768 g/mol. The molecule has 0 spiro atoms. The molecule has 0 nitrogen and oxygen atoms in total. The van der Waals surface area contributed by atoms with Crippen LogP contribution in [0, 0.1) is 0 Å². The maximum atomic E-state index is 3.20. The van der Waals surface area contributed by atoms with Crippen LogP contribution in [0.2, 0.25) is 0 Å². The van der Waals surface area contributed by atoms with Gasteiger partial charge in [-0.2, -0.15) is 36.5 Å². The molecule has 166 valence electrons. The SMILES string of the molecule is PB(P)B(B(P)P)B(B(B(P(P)P)P(P)P)B(P(P)P)P(P)P)B(P(P)P)P(P)P. The van der Waals surface area contributed by atoms with Crippen molar-refractivity contribution in [2.75, 3.05) is 0 Å². The van der Waals surface area contributed by atoms with E-state index >= 15 is 0 Å². The Kier molecular flexibility index (Phi) is 27.7. The van der Waals surface area contributed by atoms with Gasteiger partial charge in [0.25, 0.3) is 0 Å². The van der Waals surface area contributed by atoms with Gasteiger partial charge in [0.1, 0.15) is 12.1 Å². The van der Waals surface area contributed by atoms with E-state index < -0.39 is 0 Å². The van der Waals surface area contributed by atoms with Gasteiger partial charge in [-0.1, -0.05) is 0 Å². The lowest BCUT2D eigenvalue weighted by Crippen LogP contribution is -2.71. The monoisotopic (exact) mass is 802 g/mol. The largest absolute Gasteiger partial charge is 0.175 e. The Morgan fingerprint density at radius 3 is 0.667 bits per heavy atom. The van der Waals surface area contributed by atoms with Crippen molar-refractivity contribution in [2.45, 2.75) is 0 Å². The quantitative estimate of drug-likeness (QED) is 0.135. The molecule has 0 aliphatic carbocycles. The molecule has 30 heteroatoms. The van der Waals surface area contributed by atoms with Gasteiger partial charge in [0.2, 0.25) is 0 Å². The van der Waals surface area contributed by atoms with E-state index in [1.54, 1.807) is 0 Å². The number of rotatable bonds is 13. The van der Waals surface area contributed by atoms with Crippen molar-refractivity contribution in [3.8, 4) is 0 Å². The Morgan fingerprint density at radius 2 is 0.500 bits per heavy atom. The Balaban J connectivity index is 7.14. The van der Waals surface area contributed by atoms with Crippen molar-refractivity contribution in [2.24, 2.45) is 0 Å². The standard InChI is InChI=1S/B8H32P22/c9-4(10)2(5(11)12)1(6(25(13)14)26(15)16)3(7(27(17)18)28(19)20)8(29(21)22)30(23)24/h9-24H2. The first kappa shape index (κ1) is 40.0. The minimum atomic E-state index is -0.226. The van der Waals surface area contributed by atoms with Crippen molar-refractivity contribution in [3.05, 3.63) is 0 Å². The van der Waals surface area contributed by atoms with Gasteiger partial charge in [-0.15, -0.1) is 150 Å². The highest BCUT2D eigenvalue weighted by molar-refractivity contribution is 8.87. The Morgan fingerprint density at radius 1 is 0.300 bits per heavy atom. The van der Waals surface area contributed by atoms with Crippen LogP contribution in [0.25, 0.3) is 0 Å². The predicted octanol–water partition coefficient (Wildman–Crippen LogP) is 7.33. The molecule has 0 aromatic rings. The maximum Gasteiger partial charge on any atom is 0.172 e. The molecule has 0 rings (SSSR count). The van der Waals surface area contributed by atoms with Crippen LogP contribution in [0.5, 0.6) is 0 Å². The summed E-state index contributed by atoms with van der Waals surface area (Å²) in [5.74, 6) is 0. The van der Waals surface area contributed by atoms with Crippen LogP contribution in [0.3, 0.4) is 0 Å². The normalized spacial score (nSPS) is 11.8. The van der Waals surface area contributed by atoms with Gasteiger partial charge >= 0.3 is 0 Å². The second kappa shape index (κ2) is 20.8. The first-order chi connectivity index (χ1) is 13.6. The molecule has 30 heavy (non-hydrogen) atoms. The Bertz CT molecular complexity index is 348. The predicted molar refractivity (Wildman–Crippen MR) is 243 cm³/mol. The lowest BCUT2D eigenvalue weighted by atomic mass is 8.65. The van der Waals surface area contributed by atoms with Crippen molar-refractivity contribution in [1.82, 2.24) is 0 Å². The zero-order valence-corrected chi connectivity index (χ0v) is 40.4. The zero-order valence-electron chi connectivity index (χ0n) is 16.5. The van der Waals surface area contributed by atoms with Crippen LogP contribution in [-0.2, 0) is 0 Å². The van der Waals surface area contributed by atoms with Gasteiger partial charge in [0.05, 0.1) is 12.8 Å². The molecule has 0 fully saturated rings. The first-order valence-electron chi connectivity index (χ1n) is 8.31. The fourth-order valence-electron chi connectivity index (χ4n) is 3.63. The fraction of sp³-hybridized carbons (Fsp3) is 0. The minimum absolute atomic E-state index is 0.220. The third-order valence-corrected chi connectivity index (χ3v) is 37.5. The third-order valence-electron chi connectivity index (χ3n) is 4.64. The highest BCUT2D eigenvalue weighted by atomic mass is 32.5. The van der Waals surface area contributed by atoms with E-state index in [0.717, 1.165) is 0 Å². The molecule has 16 unspecified atom stereocenters. The van der Waals surface area contributed by atoms with E-state index in [2.05, 4.69) is 144 Å². The molecule has 0 saturated carbocycles. The van der Waals surface area contributed by atoms with Gasteiger partial charge in [-0.05, 0) is 0 Å². The van der Waals surface area contributed by atoms with E-state index in [4.69, 9.17) is 0 Å². The summed E-state index contributed by atoms with van der Waals surface area (Å²) in [6, 6.07) is 3.02. The lowest BCUT2D eigenvalue weighted by molar-refractivity contribution is 3.42. The molecule has 0 aromatic heterocycles. The second-order valence-corrected chi connectivity index (χ2v) is 53.6. The molecule has 0 amide bonds. The second-order valence-electron chi connectivity index (χ2n) is 6.81. The van der Waals surface area contributed by atoms with Crippen LogP contribution in [0.4, 0.5) is 0 Å². The summed E-state index contributed by atoms with van der Waals surface area (Å²) in [5, 5.41) is 0. The number of hydrogen-bond donors (Lipinski definition) is 0. The van der Waals surface area contributed by atoms with Crippen molar-refractivity contribution in [1.29, 1.82) is 0 Å². The summed E-state index contributed by atoms with van der Waals surface area (Å²) in [7, 11) is 49.5. The minimum Gasteiger partial charge on any atom is -0.175 e. The third kappa shape index (κ3) is 13.5. The zero-order chi connectivity index (χ0) is 24.1. The Labute approximate surface area is 233 Å². The molecular formula is H32B8P22. The molecule has 0 bridgehead atoms. The average Bonchev–Trinajstić information content (AvgIpc) is 2.50. The molecule has 0 N–H and O–H groups in total. The van der Waals surface area contributed by atoms with Crippen molar-refractivity contribution >= 4 is 236 Å². The smallest absolute Gasteiger partial charge is 0.172 e. The van der Waals surface area contributed by atoms with Crippen LogP contribution >= 0.6 is 187 Å². The molecule has 0 aliphatic heterocycles.